The molecule has 2 rings (SSSR count). The summed E-state index contributed by atoms with van der Waals surface area (Å²) in [6.45, 7) is 0. The van der Waals surface area contributed by atoms with Crippen LogP contribution in [0.5, 0.6) is 11.5 Å². The first-order valence-electron chi connectivity index (χ1n) is 4.99. The van der Waals surface area contributed by atoms with Crippen LogP contribution in [-0.4, -0.2) is 10.2 Å². The van der Waals surface area contributed by atoms with Crippen molar-refractivity contribution < 1.29 is 36.6 Å². The van der Waals surface area contributed by atoms with Gasteiger partial charge in [0.2, 0.25) is 11.6 Å². The summed E-state index contributed by atoms with van der Waals surface area (Å²) in [5.74, 6) is -14.9. The van der Waals surface area contributed by atoms with Crippen LogP contribution in [0.2, 0.25) is 0 Å². The number of phenols is 2. The molecule has 0 radical (unpaired) electrons. The Kier molecular flexibility index (Phi) is 3.24. The van der Waals surface area contributed by atoms with Gasteiger partial charge in [0.1, 0.15) is 5.75 Å². The van der Waals surface area contributed by atoms with E-state index in [2.05, 4.69) is 0 Å². The van der Waals surface area contributed by atoms with Crippen LogP contribution < -0.4 is 0 Å². The molecule has 2 aromatic rings. The second-order valence-electron chi connectivity index (χ2n) is 3.77. The molecule has 0 aliphatic rings. The zero-order chi connectivity index (χ0) is 15.2. The molecule has 0 heterocycles. The number of phenolic OH excluding ortho intramolecular Hbond substituents is 2. The highest BCUT2D eigenvalue weighted by atomic mass is 19.2. The third kappa shape index (κ3) is 1.93. The van der Waals surface area contributed by atoms with Crippen molar-refractivity contribution in [3.63, 3.8) is 0 Å². The lowest BCUT2D eigenvalue weighted by molar-refractivity contribution is 0.358. The predicted molar refractivity (Wildman–Crippen MR) is 55.0 cm³/mol. The molecule has 8 heteroatoms. The molecule has 20 heavy (non-hydrogen) atoms. The minimum Gasteiger partial charge on any atom is -0.508 e. The number of aromatic hydroxyl groups is 2. The molecule has 0 atom stereocenters. The summed E-state index contributed by atoms with van der Waals surface area (Å²) < 4.78 is 79.8. The monoisotopic (exact) mass is 294 g/mol. The van der Waals surface area contributed by atoms with Crippen molar-refractivity contribution in [1.82, 2.24) is 0 Å². The maximum absolute atomic E-state index is 13.5. The van der Waals surface area contributed by atoms with Gasteiger partial charge in [0.15, 0.2) is 29.0 Å². The van der Waals surface area contributed by atoms with Crippen LogP contribution in [-0.2, 0) is 0 Å². The van der Waals surface area contributed by atoms with E-state index in [0.29, 0.717) is 12.1 Å². The zero-order valence-corrected chi connectivity index (χ0v) is 9.32. The van der Waals surface area contributed by atoms with Gasteiger partial charge in [-0.3, -0.25) is 0 Å². The molecule has 2 aromatic carbocycles. The van der Waals surface area contributed by atoms with E-state index in [4.69, 9.17) is 10.2 Å². The third-order valence-corrected chi connectivity index (χ3v) is 2.52. The van der Waals surface area contributed by atoms with Gasteiger partial charge in [-0.2, -0.15) is 8.78 Å². The fraction of sp³-hybridized carbons (Fsp3) is 0. The van der Waals surface area contributed by atoms with Crippen molar-refractivity contribution in [2.24, 2.45) is 0 Å². The smallest absolute Gasteiger partial charge is 0.204 e. The van der Waals surface area contributed by atoms with Crippen LogP contribution in [0.25, 0.3) is 11.1 Å². The molecule has 0 saturated carbocycles. The summed E-state index contributed by atoms with van der Waals surface area (Å²) in [5, 5.41) is 17.8. The minimum absolute atomic E-state index is 0.307. The molecule has 0 amide bonds. The molecule has 0 fully saturated rings. The maximum atomic E-state index is 13.5. The maximum Gasteiger partial charge on any atom is 0.204 e. The highest BCUT2D eigenvalue weighted by molar-refractivity contribution is 5.68. The van der Waals surface area contributed by atoms with Gasteiger partial charge < -0.3 is 10.2 Å². The van der Waals surface area contributed by atoms with Crippen molar-refractivity contribution in [1.29, 1.82) is 0 Å². The van der Waals surface area contributed by atoms with Gasteiger partial charge in [-0.1, -0.05) is 0 Å². The van der Waals surface area contributed by atoms with E-state index in [1.807, 2.05) is 0 Å². The van der Waals surface area contributed by atoms with E-state index in [-0.39, 0.29) is 0 Å². The van der Waals surface area contributed by atoms with Gasteiger partial charge in [0, 0.05) is 11.6 Å². The first-order chi connectivity index (χ1) is 9.25. The van der Waals surface area contributed by atoms with E-state index in [1.165, 1.54) is 0 Å². The lowest BCUT2D eigenvalue weighted by Gasteiger charge is -2.10. The highest BCUT2D eigenvalue weighted by Gasteiger charge is 2.28. The molecule has 0 spiro atoms. The van der Waals surface area contributed by atoms with Crippen LogP contribution in [0, 0.1) is 34.9 Å². The summed E-state index contributed by atoms with van der Waals surface area (Å²) >= 11 is 0. The fourth-order valence-corrected chi connectivity index (χ4v) is 1.61. The molecule has 0 unspecified atom stereocenters. The topological polar surface area (TPSA) is 40.5 Å². The van der Waals surface area contributed by atoms with Crippen LogP contribution >= 0.6 is 0 Å². The van der Waals surface area contributed by atoms with E-state index in [1.54, 1.807) is 0 Å². The number of halogens is 6. The van der Waals surface area contributed by atoms with Crippen molar-refractivity contribution in [3.8, 4) is 22.6 Å². The second-order valence-corrected chi connectivity index (χ2v) is 3.77. The molecule has 2 nitrogen and oxygen atoms in total. The average Bonchev–Trinajstić information content (AvgIpc) is 2.39. The van der Waals surface area contributed by atoms with Crippen LogP contribution in [0.4, 0.5) is 26.3 Å². The quantitative estimate of drug-likeness (QED) is 0.623. The van der Waals surface area contributed by atoms with Crippen LogP contribution in [0.3, 0.4) is 0 Å². The molecular formula is C12H4F6O2. The Labute approximate surface area is 107 Å². The number of benzene rings is 2. The van der Waals surface area contributed by atoms with E-state index >= 15 is 0 Å². The van der Waals surface area contributed by atoms with Gasteiger partial charge >= 0.3 is 0 Å². The summed E-state index contributed by atoms with van der Waals surface area (Å²) in [7, 11) is 0. The Bertz CT molecular complexity index is 685. The summed E-state index contributed by atoms with van der Waals surface area (Å²) in [5.41, 5.74) is -2.81. The number of hydrogen-bond donors (Lipinski definition) is 2. The second kappa shape index (κ2) is 4.62. The Balaban J connectivity index is 2.91. The van der Waals surface area contributed by atoms with Crippen molar-refractivity contribution in [3.05, 3.63) is 47.0 Å². The Hall–Kier alpha value is -2.38. The first kappa shape index (κ1) is 14.0. The normalized spacial score (nSPS) is 10.9. The van der Waals surface area contributed by atoms with Gasteiger partial charge in [0.05, 0.1) is 5.56 Å². The summed E-state index contributed by atoms with van der Waals surface area (Å²) in [6.07, 6.45) is 0. The molecule has 2 N–H and O–H groups in total. The Morgan fingerprint density at radius 1 is 0.650 bits per heavy atom. The van der Waals surface area contributed by atoms with Gasteiger partial charge in [-0.15, -0.1) is 0 Å². The molecular weight excluding hydrogens is 290 g/mol. The highest BCUT2D eigenvalue weighted by Crippen LogP contribution is 2.37. The number of rotatable bonds is 1. The predicted octanol–water partition coefficient (Wildman–Crippen LogP) is 3.60. The molecule has 0 saturated heterocycles. The molecule has 0 aromatic heterocycles. The lowest BCUT2D eigenvalue weighted by Crippen LogP contribution is -2.02. The third-order valence-electron chi connectivity index (χ3n) is 2.52. The first-order valence-corrected chi connectivity index (χ1v) is 4.99. The summed E-state index contributed by atoms with van der Waals surface area (Å²) in [6, 6.07) is 0.692. The van der Waals surface area contributed by atoms with E-state index in [0.717, 1.165) is 0 Å². The molecule has 106 valence electrons. The average molecular weight is 294 g/mol. The Morgan fingerprint density at radius 3 is 1.65 bits per heavy atom. The standard InChI is InChI=1S/C12H4F6O2/c13-5-2-3(19)1-4(7(5)14)6-8(15)10(17)12(20)11(18)9(6)16/h1-2,19-20H. The van der Waals surface area contributed by atoms with Crippen molar-refractivity contribution >= 4 is 0 Å². The zero-order valence-electron chi connectivity index (χ0n) is 9.32. The molecule has 0 bridgehead atoms. The van der Waals surface area contributed by atoms with Crippen LogP contribution in [0.15, 0.2) is 12.1 Å². The SMILES string of the molecule is Oc1cc(F)c(F)c(-c2c(F)c(F)c(O)c(F)c2F)c1. The van der Waals surface area contributed by atoms with Crippen LogP contribution in [0.1, 0.15) is 0 Å². The van der Waals surface area contributed by atoms with Gasteiger partial charge in [0.25, 0.3) is 0 Å². The van der Waals surface area contributed by atoms with Gasteiger partial charge in [-0.05, 0) is 6.07 Å². The fourth-order valence-electron chi connectivity index (χ4n) is 1.61. The minimum atomic E-state index is -2.16. The van der Waals surface area contributed by atoms with Crippen molar-refractivity contribution in [2.45, 2.75) is 0 Å². The molecule has 0 aliphatic carbocycles. The van der Waals surface area contributed by atoms with Crippen molar-refractivity contribution in [2.75, 3.05) is 0 Å². The van der Waals surface area contributed by atoms with Gasteiger partial charge in [-0.25, -0.2) is 17.6 Å². The van der Waals surface area contributed by atoms with E-state index < -0.39 is 57.5 Å². The van der Waals surface area contributed by atoms with E-state index in [9.17, 15) is 26.3 Å². The number of hydrogen-bond acceptors (Lipinski definition) is 2. The lowest BCUT2D eigenvalue weighted by atomic mass is 10.0. The summed E-state index contributed by atoms with van der Waals surface area (Å²) in [4.78, 5) is 0. The largest absolute Gasteiger partial charge is 0.508 e. The Morgan fingerprint density at radius 2 is 1.15 bits per heavy atom. The molecule has 0 aliphatic heterocycles.